The summed E-state index contributed by atoms with van der Waals surface area (Å²) in [6.45, 7) is 3.21. The molecule has 23 heavy (non-hydrogen) atoms. The molecule has 0 bridgehead atoms. The Bertz CT molecular complexity index is 766. The van der Waals surface area contributed by atoms with Crippen molar-refractivity contribution in [1.82, 2.24) is 9.88 Å². The highest BCUT2D eigenvalue weighted by molar-refractivity contribution is 8.14. The van der Waals surface area contributed by atoms with E-state index in [1.54, 1.807) is 0 Å². The van der Waals surface area contributed by atoms with E-state index in [0.717, 1.165) is 23.0 Å². The molecule has 3 atom stereocenters. The summed E-state index contributed by atoms with van der Waals surface area (Å²) in [7, 11) is 0. The van der Waals surface area contributed by atoms with Gasteiger partial charge in [0.25, 0.3) is 0 Å². The van der Waals surface area contributed by atoms with Crippen molar-refractivity contribution in [2.45, 2.75) is 24.3 Å². The summed E-state index contributed by atoms with van der Waals surface area (Å²) in [6.07, 6.45) is 1.82. The zero-order chi connectivity index (χ0) is 16.0. The lowest BCUT2D eigenvalue weighted by Crippen LogP contribution is -2.28. The molecule has 1 aromatic heterocycles. The first-order chi connectivity index (χ1) is 11.1. The van der Waals surface area contributed by atoms with Gasteiger partial charge in [-0.05, 0) is 29.8 Å². The largest absolute Gasteiger partial charge is 0.341 e. The third kappa shape index (κ3) is 2.73. The van der Waals surface area contributed by atoms with Gasteiger partial charge < -0.3 is 4.90 Å². The van der Waals surface area contributed by atoms with Crippen molar-refractivity contribution in [3.05, 3.63) is 63.9 Å². The maximum absolute atomic E-state index is 6.25. The first kappa shape index (κ1) is 15.3. The summed E-state index contributed by atoms with van der Waals surface area (Å²) >= 11 is 14.2. The Hall–Kier alpha value is -1.23. The molecule has 0 saturated carbocycles. The predicted octanol–water partition coefficient (Wildman–Crippen LogP) is 4.98. The minimum atomic E-state index is -0.0107. The van der Waals surface area contributed by atoms with Gasteiger partial charge in [0.1, 0.15) is 6.04 Å². The Morgan fingerprint density at radius 3 is 2.78 bits per heavy atom. The fourth-order valence-electron chi connectivity index (χ4n) is 3.17. The quantitative estimate of drug-likeness (QED) is 0.753. The third-order valence-corrected chi connectivity index (χ3v) is 6.01. The molecule has 0 aliphatic carbocycles. The molecule has 0 N–H and O–H groups in total. The molecular formula is C17H15Cl2N3S. The van der Waals surface area contributed by atoms with E-state index < -0.39 is 0 Å². The number of hydrogen-bond donors (Lipinski definition) is 0. The first-order valence-corrected chi connectivity index (χ1v) is 9.14. The zero-order valence-electron chi connectivity index (χ0n) is 12.5. The SMILES string of the molecule is C[C@@H]1CN2C(=N[C@H](c3ccccn3)[C@@H]2c2ccc(Cl)c(Cl)c2)S1. The van der Waals surface area contributed by atoms with E-state index in [-0.39, 0.29) is 12.1 Å². The lowest BCUT2D eigenvalue weighted by Gasteiger charge is -2.27. The number of nitrogens with zero attached hydrogens (tertiary/aromatic N) is 3. The summed E-state index contributed by atoms with van der Waals surface area (Å²) in [4.78, 5) is 11.8. The Morgan fingerprint density at radius 2 is 2.04 bits per heavy atom. The van der Waals surface area contributed by atoms with Crippen LogP contribution < -0.4 is 0 Å². The van der Waals surface area contributed by atoms with E-state index in [1.807, 2.05) is 54.4 Å². The zero-order valence-corrected chi connectivity index (χ0v) is 14.8. The van der Waals surface area contributed by atoms with Gasteiger partial charge in [0.05, 0.1) is 21.8 Å². The van der Waals surface area contributed by atoms with Crippen LogP contribution >= 0.6 is 35.0 Å². The minimum Gasteiger partial charge on any atom is -0.341 e. The second kappa shape index (κ2) is 6.00. The van der Waals surface area contributed by atoms with Crippen molar-refractivity contribution >= 4 is 40.1 Å². The molecule has 0 spiro atoms. The van der Waals surface area contributed by atoms with Crippen molar-refractivity contribution in [1.29, 1.82) is 0 Å². The van der Waals surface area contributed by atoms with E-state index in [2.05, 4.69) is 16.8 Å². The summed E-state index contributed by atoms with van der Waals surface area (Å²) in [5, 5.41) is 2.80. The molecule has 3 nitrogen and oxygen atoms in total. The Balaban J connectivity index is 1.79. The van der Waals surface area contributed by atoms with Crippen LogP contribution in [0, 0.1) is 0 Å². The molecule has 1 fully saturated rings. The molecule has 0 amide bonds. The van der Waals surface area contributed by atoms with Gasteiger partial charge in [-0.25, -0.2) is 0 Å². The van der Waals surface area contributed by atoms with Gasteiger partial charge in [-0.2, -0.15) is 0 Å². The van der Waals surface area contributed by atoms with Crippen LogP contribution in [0.5, 0.6) is 0 Å². The predicted molar refractivity (Wildman–Crippen MR) is 97.4 cm³/mol. The standard InChI is InChI=1S/C17H15Cl2N3S/c1-10-9-22-16(11-5-6-12(18)13(19)8-11)15(21-17(22)23-10)14-4-2-3-7-20-14/h2-8,10,15-16H,9H2,1H3/t10-,15-,16+/m1/s1. The summed E-state index contributed by atoms with van der Waals surface area (Å²) < 4.78 is 0. The molecule has 3 heterocycles. The number of thioether (sulfide) groups is 1. The average Bonchev–Trinajstić information content (AvgIpc) is 3.07. The van der Waals surface area contributed by atoms with Gasteiger partial charge in [0.2, 0.25) is 0 Å². The van der Waals surface area contributed by atoms with Crippen LogP contribution in [-0.2, 0) is 0 Å². The number of halogens is 2. The van der Waals surface area contributed by atoms with Crippen molar-refractivity contribution < 1.29 is 0 Å². The number of aliphatic imine (C=N–C) groups is 1. The molecule has 2 aliphatic rings. The number of hydrogen-bond acceptors (Lipinski definition) is 4. The van der Waals surface area contributed by atoms with Crippen LogP contribution in [0.2, 0.25) is 10.0 Å². The van der Waals surface area contributed by atoms with Gasteiger partial charge in [0, 0.05) is 18.0 Å². The van der Waals surface area contributed by atoms with Crippen molar-refractivity contribution in [2.75, 3.05) is 6.54 Å². The van der Waals surface area contributed by atoms with E-state index in [0.29, 0.717) is 15.3 Å². The maximum Gasteiger partial charge on any atom is 0.160 e. The molecule has 118 valence electrons. The summed E-state index contributed by atoms with van der Waals surface area (Å²) in [6, 6.07) is 11.9. The van der Waals surface area contributed by atoms with E-state index in [4.69, 9.17) is 28.2 Å². The second-order valence-electron chi connectivity index (χ2n) is 5.81. The van der Waals surface area contributed by atoms with Gasteiger partial charge in [0.15, 0.2) is 5.17 Å². The number of fused-ring (bicyclic) bond motifs is 1. The molecule has 0 radical (unpaired) electrons. The van der Waals surface area contributed by atoms with Crippen LogP contribution in [0.15, 0.2) is 47.6 Å². The lowest BCUT2D eigenvalue weighted by atomic mass is 9.96. The highest BCUT2D eigenvalue weighted by atomic mass is 35.5. The highest BCUT2D eigenvalue weighted by Crippen LogP contribution is 2.48. The van der Waals surface area contributed by atoms with Crippen molar-refractivity contribution in [3.63, 3.8) is 0 Å². The number of rotatable bonds is 2. The van der Waals surface area contributed by atoms with E-state index in [9.17, 15) is 0 Å². The molecule has 1 aromatic carbocycles. The van der Waals surface area contributed by atoms with E-state index >= 15 is 0 Å². The normalized spacial score (nSPS) is 26.3. The lowest BCUT2D eigenvalue weighted by molar-refractivity contribution is 0.321. The Kier molecular flexibility index (Phi) is 4.00. The average molecular weight is 364 g/mol. The van der Waals surface area contributed by atoms with Gasteiger partial charge in [-0.3, -0.25) is 9.98 Å². The topological polar surface area (TPSA) is 28.5 Å². The van der Waals surface area contributed by atoms with Crippen LogP contribution in [0.3, 0.4) is 0 Å². The Labute approximate surface area is 149 Å². The summed E-state index contributed by atoms with van der Waals surface area (Å²) in [5.74, 6) is 0. The molecule has 1 saturated heterocycles. The fraction of sp³-hybridized carbons (Fsp3) is 0.294. The molecule has 0 unspecified atom stereocenters. The number of aromatic nitrogens is 1. The molecule has 2 aromatic rings. The Morgan fingerprint density at radius 1 is 1.17 bits per heavy atom. The monoisotopic (exact) mass is 363 g/mol. The second-order valence-corrected chi connectivity index (χ2v) is 8.03. The number of pyridine rings is 1. The fourth-order valence-corrected chi connectivity index (χ4v) is 4.57. The molecule has 2 aliphatic heterocycles. The maximum atomic E-state index is 6.25. The van der Waals surface area contributed by atoms with Crippen molar-refractivity contribution in [3.8, 4) is 0 Å². The molecule has 4 rings (SSSR count). The van der Waals surface area contributed by atoms with Gasteiger partial charge in [-0.1, -0.05) is 54.0 Å². The van der Waals surface area contributed by atoms with Crippen LogP contribution in [0.4, 0.5) is 0 Å². The minimum absolute atomic E-state index is 0.0107. The van der Waals surface area contributed by atoms with Crippen LogP contribution in [-0.4, -0.2) is 26.8 Å². The van der Waals surface area contributed by atoms with Gasteiger partial charge >= 0.3 is 0 Å². The third-order valence-electron chi connectivity index (χ3n) is 4.17. The summed E-state index contributed by atoms with van der Waals surface area (Å²) in [5.41, 5.74) is 2.11. The number of benzene rings is 1. The van der Waals surface area contributed by atoms with Crippen LogP contribution in [0.25, 0.3) is 0 Å². The first-order valence-electron chi connectivity index (χ1n) is 7.50. The van der Waals surface area contributed by atoms with E-state index in [1.165, 1.54) is 0 Å². The highest BCUT2D eigenvalue weighted by Gasteiger charge is 2.43. The smallest absolute Gasteiger partial charge is 0.160 e. The number of amidine groups is 1. The van der Waals surface area contributed by atoms with Crippen molar-refractivity contribution in [2.24, 2.45) is 4.99 Å². The molecule has 6 heteroatoms. The molecular weight excluding hydrogens is 349 g/mol. The van der Waals surface area contributed by atoms with Crippen LogP contribution in [0.1, 0.15) is 30.3 Å². The van der Waals surface area contributed by atoms with Gasteiger partial charge in [-0.15, -0.1) is 0 Å².